The number of phosphoric ester groups is 1. The van der Waals surface area contributed by atoms with Gasteiger partial charge in [-0.25, -0.2) is 13.9 Å². The van der Waals surface area contributed by atoms with Crippen molar-refractivity contribution in [3.8, 4) is 0 Å². The monoisotopic (exact) mass is 358 g/mol. The highest BCUT2D eigenvalue weighted by Gasteiger charge is 2.30. The van der Waals surface area contributed by atoms with Crippen molar-refractivity contribution in [2.24, 2.45) is 0 Å². The molecule has 7 heteroatoms. The second-order valence-corrected chi connectivity index (χ2v) is 6.89. The highest BCUT2D eigenvalue weighted by Crippen LogP contribution is 2.51. The number of hydrogen-bond acceptors (Lipinski definition) is 6. The Morgan fingerprint density at radius 3 is 2.08 bits per heavy atom. The zero-order valence-electron chi connectivity index (χ0n) is 14.6. The van der Waals surface area contributed by atoms with E-state index in [0.29, 0.717) is 5.56 Å². The first-order valence-electron chi connectivity index (χ1n) is 8.34. The summed E-state index contributed by atoms with van der Waals surface area (Å²) in [6.45, 7) is 6.01. The molecule has 0 N–H and O–H groups in total. The number of rotatable bonds is 12. The van der Waals surface area contributed by atoms with Gasteiger partial charge in [0.15, 0.2) is 0 Å². The average Bonchev–Trinajstić information content (AvgIpc) is 2.56. The van der Waals surface area contributed by atoms with Gasteiger partial charge in [0.1, 0.15) is 0 Å². The number of unbranched alkanes of at least 4 members (excludes halogenated alkanes) is 2. The molecule has 0 spiro atoms. The Balaban J connectivity index is 2.59. The van der Waals surface area contributed by atoms with Gasteiger partial charge in [-0.15, -0.1) is 0 Å². The van der Waals surface area contributed by atoms with Crippen LogP contribution in [0.1, 0.15) is 56.8 Å². The molecular weight excluding hydrogens is 331 g/mol. The van der Waals surface area contributed by atoms with Crippen molar-refractivity contribution in [1.29, 1.82) is 0 Å². The summed E-state index contributed by atoms with van der Waals surface area (Å²) in [7, 11) is -3.76. The molecule has 0 fully saturated rings. The van der Waals surface area contributed by atoms with Crippen molar-refractivity contribution in [1.82, 2.24) is 0 Å². The van der Waals surface area contributed by atoms with Gasteiger partial charge in [0.2, 0.25) is 6.29 Å². The Morgan fingerprint density at radius 2 is 1.58 bits per heavy atom. The predicted octanol–water partition coefficient (Wildman–Crippen LogP) is 4.95. The van der Waals surface area contributed by atoms with E-state index in [1.165, 1.54) is 6.92 Å². The van der Waals surface area contributed by atoms with Crippen molar-refractivity contribution in [2.75, 3.05) is 13.2 Å². The van der Waals surface area contributed by atoms with Crippen molar-refractivity contribution < 1.29 is 27.7 Å². The Morgan fingerprint density at radius 1 is 1.04 bits per heavy atom. The van der Waals surface area contributed by atoms with Gasteiger partial charge < -0.3 is 4.74 Å². The molecule has 24 heavy (non-hydrogen) atoms. The maximum absolute atomic E-state index is 12.6. The highest BCUT2D eigenvalue weighted by molar-refractivity contribution is 7.48. The van der Waals surface area contributed by atoms with Gasteiger partial charge in [0.05, 0.1) is 18.8 Å². The van der Waals surface area contributed by atoms with Gasteiger partial charge in [0.25, 0.3) is 0 Å². The van der Waals surface area contributed by atoms with Crippen LogP contribution in [0.3, 0.4) is 0 Å². The molecule has 0 aliphatic carbocycles. The van der Waals surface area contributed by atoms with Crippen molar-refractivity contribution >= 4 is 13.8 Å². The predicted molar refractivity (Wildman–Crippen MR) is 91.7 cm³/mol. The van der Waals surface area contributed by atoms with Gasteiger partial charge in [-0.1, -0.05) is 44.9 Å². The van der Waals surface area contributed by atoms with E-state index in [-0.39, 0.29) is 13.2 Å². The first-order chi connectivity index (χ1) is 11.5. The molecule has 0 radical (unpaired) electrons. The van der Waals surface area contributed by atoms with E-state index in [9.17, 15) is 9.36 Å². The van der Waals surface area contributed by atoms with Crippen LogP contribution in [0.25, 0.3) is 0 Å². The Kier molecular flexibility index (Phi) is 9.88. The summed E-state index contributed by atoms with van der Waals surface area (Å²) in [5.41, 5.74) is 0.390. The van der Waals surface area contributed by atoms with Crippen LogP contribution >= 0.6 is 7.82 Å². The van der Waals surface area contributed by atoms with Gasteiger partial charge in [0, 0.05) is 0 Å². The molecule has 1 atom stereocenters. The van der Waals surface area contributed by atoms with Crippen molar-refractivity contribution in [2.45, 2.75) is 52.7 Å². The standard InChI is InChI=1S/C17H27O6P/c1-4-6-13-20-24(19,21-14-7-5-2)23-15(3)22-17(18)16-11-9-8-10-12-16/h8-12,15H,4-7,13-14H2,1-3H3. The number of carbonyl (C=O) groups excluding carboxylic acids is 1. The largest absolute Gasteiger partial charge is 0.477 e. The van der Waals surface area contributed by atoms with Gasteiger partial charge >= 0.3 is 13.8 Å². The molecular formula is C17H27O6P. The van der Waals surface area contributed by atoms with Crippen molar-refractivity contribution in [3.63, 3.8) is 0 Å². The maximum Gasteiger partial charge on any atom is 0.477 e. The summed E-state index contributed by atoms with van der Waals surface area (Å²) < 4.78 is 33.7. The quantitative estimate of drug-likeness (QED) is 0.228. The summed E-state index contributed by atoms with van der Waals surface area (Å²) in [4.78, 5) is 12.0. The zero-order chi connectivity index (χ0) is 17.8. The van der Waals surface area contributed by atoms with Crippen LogP contribution in [0.15, 0.2) is 30.3 Å². The average molecular weight is 358 g/mol. The molecule has 1 rings (SSSR count). The van der Waals surface area contributed by atoms with Crippen LogP contribution in [0.5, 0.6) is 0 Å². The topological polar surface area (TPSA) is 71.1 Å². The third kappa shape index (κ3) is 8.06. The summed E-state index contributed by atoms with van der Waals surface area (Å²) in [5, 5.41) is 0. The fourth-order valence-corrected chi connectivity index (χ4v) is 3.04. The van der Waals surface area contributed by atoms with Gasteiger partial charge in [-0.05, 0) is 31.9 Å². The second-order valence-electron chi connectivity index (χ2n) is 5.27. The van der Waals surface area contributed by atoms with E-state index < -0.39 is 20.1 Å². The molecule has 0 bridgehead atoms. The lowest BCUT2D eigenvalue weighted by Gasteiger charge is -2.21. The van der Waals surface area contributed by atoms with Gasteiger partial charge in [-0.2, -0.15) is 0 Å². The highest BCUT2D eigenvalue weighted by atomic mass is 31.2. The minimum Gasteiger partial charge on any atom is -0.432 e. The molecule has 0 saturated carbocycles. The number of ether oxygens (including phenoxy) is 1. The van der Waals surface area contributed by atoms with Crippen LogP contribution in [-0.4, -0.2) is 25.5 Å². The van der Waals surface area contributed by atoms with E-state index in [2.05, 4.69) is 0 Å². The van der Waals surface area contributed by atoms with Crippen LogP contribution in [0.2, 0.25) is 0 Å². The first-order valence-corrected chi connectivity index (χ1v) is 9.80. The van der Waals surface area contributed by atoms with E-state index in [0.717, 1.165) is 25.7 Å². The minimum absolute atomic E-state index is 0.263. The third-order valence-electron chi connectivity index (χ3n) is 3.05. The van der Waals surface area contributed by atoms with Gasteiger partial charge in [-0.3, -0.25) is 9.05 Å². The van der Waals surface area contributed by atoms with Crippen LogP contribution < -0.4 is 0 Å². The molecule has 0 aliphatic heterocycles. The maximum atomic E-state index is 12.6. The van der Waals surface area contributed by atoms with E-state index in [1.807, 2.05) is 13.8 Å². The number of benzene rings is 1. The number of carbonyl (C=O) groups is 1. The third-order valence-corrected chi connectivity index (χ3v) is 4.61. The van der Waals surface area contributed by atoms with E-state index in [4.69, 9.17) is 18.3 Å². The molecule has 0 aromatic heterocycles. The minimum atomic E-state index is -3.76. The molecule has 0 aliphatic rings. The second kappa shape index (κ2) is 11.4. The fraction of sp³-hybridized carbons (Fsp3) is 0.588. The summed E-state index contributed by atoms with van der Waals surface area (Å²) in [6, 6.07) is 8.52. The number of esters is 1. The molecule has 0 amide bonds. The van der Waals surface area contributed by atoms with Crippen LogP contribution in [0.4, 0.5) is 0 Å². The molecule has 1 aromatic rings. The van der Waals surface area contributed by atoms with E-state index >= 15 is 0 Å². The fourth-order valence-electron chi connectivity index (χ4n) is 1.74. The lowest BCUT2D eigenvalue weighted by atomic mass is 10.2. The lowest BCUT2D eigenvalue weighted by Crippen LogP contribution is -2.18. The normalized spacial score (nSPS) is 12.8. The van der Waals surface area contributed by atoms with Crippen LogP contribution in [0, 0.1) is 0 Å². The smallest absolute Gasteiger partial charge is 0.432 e. The summed E-state index contributed by atoms with van der Waals surface area (Å²) >= 11 is 0. The van der Waals surface area contributed by atoms with Crippen LogP contribution in [-0.2, 0) is 22.9 Å². The molecule has 1 unspecified atom stereocenters. The Labute approximate surface area is 144 Å². The number of phosphoric acid groups is 1. The van der Waals surface area contributed by atoms with Crippen molar-refractivity contribution in [3.05, 3.63) is 35.9 Å². The Bertz CT molecular complexity index is 505. The molecule has 6 nitrogen and oxygen atoms in total. The summed E-state index contributed by atoms with van der Waals surface area (Å²) in [5.74, 6) is -0.559. The lowest BCUT2D eigenvalue weighted by molar-refractivity contribution is -0.0573. The molecule has 0 heterocycles. The summed E-state index contributed by atoms with van der Waals surface area (Å²) in [6.07, 6.45) is 2.22. The zero-order valence-corrected chi connectivity index (χ0v) is 15.5. The first kappa shape index (κ1) is 20.8. The molecule has 1 aromatic carbocycles. The Hall–Kier alpha value is -1.20. The number of hydrogen-bond donors (Lipinski definition) is 0. The van der Waals surface area contributed by atoms with E-state index in [1.54, 1.807) is 30.3 Å². The SMILES string of the molecule is CCCCOP(=O)(OCCCC)OC(C)OC(=O)c1ccccc1. The molecule has 0 saturated heterocycles. The molecule has 136 valence electrons.